The molecule has 0 bridgehead atoms. The number of benzene rings is 2. The lowest BCUT2D eigenvalue weighted by atomic mass is 9.52. The molecule has 5 aliphatic rings. The molecule has 4 N–H and O–H groups in total. The molecule has 0 radical (unpaired) electrons. The van der Waals surface area contributed by atoms with Gasteiger partial charge in [0.15, 0.2) is 22.7 Å². The Hall–Kier alpha value is -4.31. The normalized spacial score (nSPS) is 40.5. The average molecular weight is 436 g/mol. The molecule has 1 unspecified atom stereocenters. The molecule has 2 saturated heterocycles. The summed E-state index contributed by atoms with van der Waals surface area (Å²) in [6, 6.07) is 14.2. The number of ketones is 2. The molecule has 7 rings (SSSR count). The van der Waals surface area contributed by atoms with Crippen LogP contribution in [0.3, 0.4) is 0 Å². The van der Waals surface area contributed by atoms with Crippen molar-refractivity contribution in [3.63, 3.8) is 0 Å². The first-order chi connectivity index (χ1) is 15.8. The Morgan fingerprint density at radius 3 is 2.27 bits per heavy atom. The van der Waals surface area contributed by atoms with Crippen molar-refractivity contribution in [1.82, 2.24) is 5.32 Å². The Morgan fingerprint density at radius 1 is 1.03 bits per heavy atom. The second-order valence-electron chi connectivity index (χ2n) is 8.85. The molecular weight excluding hydrogens is 424 g/mol. The molecule has 0 aromatic heterocycles. The van der Waals surface area contributed by atoms with E-state index < -0.39 is 56.6 Å². The van der Waals surface area contributed by atoms with E-state index in [0.717, 1.165) is 0 Å². The minimum atomic E-state index is -2.53. The lowest BCUT2D eigenvalue weighted by Gasteiger charge is -2.38. The number of Topliss-reactive ketones (excluding diaryl/α,β-unsaturated/α-hetero) is 2. The van der Waals surface area contributed by atoms with Crippen molar-refractivity contribution in [2.45, 2.75) is 17.1 Å². The van der Waals surface area contributed by atoms with E-state index in [2.05, 4.69) is 10.2 Å². The Balaban J connectivity index is 1.79. The minimum Gasteiger partial charge on any atom is -0.394 e. The van der Waals surface area contributed by atoms with Gasteiger partial charge in [-0.2, -0.15) is 5.26 Å². The third-order valence-electron chi connectivity index (χ3n) is 8.14. The number of nitrogens with zero attached hydrogens (tertiary/aromatic N) is 2. The second-order valence-corrected chi connectivity index (χ2v) is 8.85. The van der Waals surface area contributed by atoms with Crippen LogP contribution in [0.2, 0.25) is 0 Å². The molecule has 0 saturated carbocycles. The second kappa shape index (κ2) is 4.71. The predicted octanol–water partition coefficient (Wildman–Crippen LogP) is 0.618. The molecule has 2 aliphatic heterocycles. The highest BCUT2D eigenvalue weighted by atomic mass is 16.7. The predicted molar refractivity (Wildman–Crippen MR) is 107 cm³/mol. The summed E-state index contributed by atoms with van der Waals surface area (Å²) in [6.45, 7) is 8.07. The summed E-state index contributed by atoms with van der Waals surface area (Å²) in [6.07, 6.45) is 0. The molecule has 2 heterocycles. The number of hydrogen-bond acceptors (Lipinski definition) is 7. The standard InChI is InChI=1S/C24H12N4O5/c1-27-21-16(26)15(10-25)20-17(29)12-7-3-5-9-14(12)24(20,32)33-23(28-19(21)31)13-8-4-2-6-11(13)18(30)22(20,21)23/h2-9,32H,26H2,(H,28,31)/t20-,21-,22?,23+,24-/m0/s1. The van der Waals surface area contributed by atoms with E-state index >= 15 is 0 Å². The van der Waals surface area contributed by atoms with Gasteiger partial charge in [-0.3, -0.25) is 19.2 Å². The SMILES string of the molecule is [C-]#[N+][C@]12C(=O)N[C@]34O[C@@]5(O)c6ccccc6C(=O)[C@@]5(C(C#N)=C1N)C23C(=O)c1ccccc14. The highest BCUT2D eigenvalue weighted by Gasteiger charge is 3.05. The van der Waals surface area contributed by atoms with Gasteiger partial charge in [-0.15, -0.1) is 0 Å². The molecule has 9 heteroatoms. The monoisotopic (exact) mass is 436 g/mol. The van der Waals surface area contributed by atoms with Crippen LogP contribution in [-0.2, 0) is 21.0 Å². The molecule has 158 valence electrons. The number of carbonyl (C=O) groups excluding carboxylic acids is 3. The molecule has 33 heavy (non-hydrogen) atoms. The summed E-state index contributed by atoms with van der Waals surface area (Å²) < 4.78 is 6.29. The fourth-order valence-electron chi connectivity index (χ4n) is 7.24. The first-order valence-corrected chi connectivity index (χ1v) is 10.1. The molecule has 1 amide bonds. The number of carbonyl (C=O) groups is 3. The van der Waals surface area contributed by atoms with Gasteiger partial charge in [-0.25, -0.2) is 6.57 Å². The van der Waals surface area contributed by atoms with Crippen LogP contribution in [0.25, 0.3) is 4.85 Å². The summed E-state index contributed by atoms with van der Waals surface area (Å²) >= 11 is 0. The van der Waals surface area contributed by atoms with E-state index in [9.17, 15) is 24.8 Å². The molecule has 2 fully saturated rings. The number of nitriles is 1. The smallest absolute Gasteiger partial charge is 0.367 e. The molecule has 5 atom stereocenters. The third kappa shape index (κ3) is 1.19. The van der Waals surface area contributed by atoms with Crippen LogP contribution in [0.15, 0.2) is 59.8 Å². The number of aliphatic hydroxyl groups is 1. The lowest BCUT2D eigenvalue weighted by Crippen LogP contribution is -2.62. The Bertz CT molecular complexity index is 1560. The van der Waals surface area contributed by atoms with Gasteiger partial charge in [0.2, 0.25) is 11.2 Å². The number of hydrogen-bond donors (Lipinski definition) is 3. The number of amides is 1. The van der Waals surface area contributed by atoms with Gasteiger partial charge in [0.1, 0.15) is 5.70 Å². The summed E-state index contributed by atoms with van der Waals surface area (Å²) in [4.78, 5) is 45.7. The van der Waals surface area contributed by atoms with Crippen molar-refractivity contribution in [3.05, 3.63) is 93.5 Å². The quantitative estimate of drug-likeness (QED) is 0.513. The lowest BCUT2D eigenvalue weighted by molar-refractivity contribution is -0.259. The van der Waals surface area contributed by atoms with Crippen LogP contribution in [-0.4, -0.2) is 28.1 Å². The zero-order chi connectivity index (χ0) is 23.2. The topological polar surface area (TPSA) is 147 Å². The average Bonchev–Trinajstić information content (AvgIpc) is 3.41. The Kier molecular flexibility index (Phi) is 2.61. The number of ether oxygens (including phenoxy) is 1. The zero-order valence-corrected chi connectivity index (χ0v) is 16.7. The molecule has 2 spiro atoms. The summed E-state index contributed by atoms with van der Waals surface area (Å²) in [5.74, 6) is -5.02. The van der Waals surface area contributed by atoms with Crippen LogP contribution >= 0.6 is 0 Å². The molecule has 9 nitrogen and oxygen atoms in total. The van der Waals surface area contributed by atoms with E-state index in [0.29, 0.717) is 0 Å². The Labute approximate surface area is 185 Å². The van der Waals surface area contributed by atoms with Gasteiger partial charge < -0.3 is 20.9 Å². The largest absolute Gasteiger partial charge is 0.394 e. The van der Waals surface area contributed by atoms with Crippen LogP contribution in [0, 0.1) is 28.7 Å². The van der Waals surface area contributed by atoms with Crippen molar-refractivity contribution in [2.24, 2.45) is 16.6 Å². The number of nitrogens with one attached hydrogen (secondary N) is 1. The maximum atomic E-state index is 14.4. The van der Waals surface area contributed by atoms with Crippen LogP contribution in [0.5, 0.6) is 0 Å². The van der Waals surface area contributed by atoms with Crippen molar-refractivity contribution >= 4 is 17.5 Å². The van der Waals surface area contributed by atoms with Crippen molar-refractivity contribution in [2.75, 3.05) is 0 Å². The summed E-state index contributed by atoms with van der Waals surface area (Å²) in [7, 11) is 0. The van der Waals surface area contributed by atoms with E-state index in [-0.39, 0.29) is 22.3 Å². The van der Waals surface area contributed by atoms with Crippen molar-refractivity contribution in [3.8, 4) is 6.07 Å². The first kappa shape index (κ1) is 18.3. The van der Waals surface area contributed by atoms with Gasteiger partial charge in [0.05, 0.1) is 11.6 Å². The summed E-state index contributed by atoms with van der Waals surface area (Å²) in [5, 5.41) is 25.1. The van der Waals surface area contributed by atoms with E-state index in [1.807, 2.05) is 6.07 Å². The minimum absolute atomic E-state index is 0.0346. The Morgan fingerprint density at radius 2 is 1.64 bits per heavy atom. The molecule has 2 aromatic rings. The molecule has 2 aromatic carbocycles. The van der Waals surface area contributed by atoms with Crippen molar-refractivity contribution < 1.29 is 24.2 Å². The van der Waals surface area contributed by atoms with Gasteiger partial charge in [-0.1, -0.05) is 48.5 Å². The fraction of sp³-hybridized carbons (Fsp3) is 0.208. The highest BCUT2D eigenvalue weighted by molar-refractivity contribution is 6.25. The zero-order valence-electron chi connectivity index (χ0n) is 16.7. The maximum Gasteiger partial charge on any atom is 0.367 e. The number of rotatable bonds is 0. The van der Waals surface area contributed by atoms with Crippen LogP contribution in [0.1, 0.15) is 31.8 Å². The van der Waals surface area contributed by atoms with E-state index in [1.54, 1.807) is 24.3 Å². The summed E-state index contributed by atoms with van der Waals surface area (Å²) in [5.41, 5.74) is -3.55. The van der Waals surface area contributed by atoms with E-state index in [4.69, 9.17) is 17.0 Å². The third-order valence-corrected chi connectivity index (χ3v) is 8.14. The van der Waals surface area contributed by atoms with Crippen LogP contribution < -0.4 is 11.1 Å². The maximum absolute atomic E-state index is 14.4. The van der Waals surface area contributed by atoms with Crippen LogP contribution in [0.4, 0.5) is 0 Å². The molecular formula is C24H12N4O5. The molecule has 3 aliphatic carbocycles. The number of fused-ring (bicyclic) bond motifs is 3. The fourth-order valence-corrected chi connectivity index (χ4v) is 7.24. The van der Waals surface area contributed by atoms with Gasteiger partial charge in [-0.05, 0) is 0 Å². The highest BCUT2D eigenvalue weighted by Crippen LogP contribution is 2.85. The number of nitrogens with two attached hydrogens (primary N) is 1. The first-order valence-electron chi connectivity index (χ1n) is 10.1. The van der Waals surface area contributed by atoms with Gasteiger partial charge >= 0.3 is 11.4 Å². The van der Waals surface area contributed by atoms with Crippen molar-refractivity contribution in [1.29, 1.82) is 5.26 Å². The van der Waals surface area contributed by atoms with Gasteiger partial charge in [0, 0.05) is 22.3 Å². The van der Waals surface area contributed by atoms with E-state index in [1.165, 1.54) is 24.3 Å². The van der Waals surface area contributed by atoms with Gasteiger partial charge in [0.25, 0.3) is 0 Å².